The minimum Gasteiger partial charge on any atom is -0.464 e. The molecule has 0 aliphatic carbocycles. The van der Waals surface area contributed by atoms with Gasteiger partial charge in [-0.3, -0.25) is 0 Å². The summed E-state index contributed by atoms with van der Waals surface area (Å²) in [7, 11) is 1.26. The standard InChI is InChI=1S/C11H7ClFNO2/c1-16-11(15)9-4-6-2-3-7(13)5-8(6)10(12)14-9/h2-5H,1H3. The molecule has 0 amide bonds. The molecule has 5 heteroatoms. The van der Waals surface area contributed by atoms with Crippen molar-refractivity contribution in [2.75, 3.05) is 7.11 Å². The normalized spacial score (nSPS) is 10.4. The Balaban J connectivity index is 2.68. The van der Waals surface area contributed by atoms with Crippen molar-refractivity contribution >= 4 is 28.3 Å². The van der Waals surface area contributed by atoms with Gasteiger partial charge in [0.1, 0.15) is 11.0 Å². The fourth-order valence-electron chi connectivity index (χ4n) is 1.39. The molecule has 2 aromatic rings. The minimum absolute atomic E-state index is 0.0809. The first-order valence-corrected chi connectivity index (χ1v) is 4.84. The quantitative estimate of drug-likeness (QED) is 0.567. The Morgan fingerprint density at radius 2 is 2.19 bits per heavy atom. The Kier molecular flexibility index (Phi) is 2.75. The number of carbonyl (C=O) groups excluding carboxylic acids is 1. The molecule has 0 N–H and O–H groups in total. The van der Waals surface area contributed by atoms with Crippen molar-refractivity contribution in [3.8, 4) is 0 Å². The smallest absolute Gasteiger partial charge is 0.356 e. The van der Waals surface area contributed by atoms with Gasteiger partial charge in [0.25, 0.3) is 0 Å². The van der Waals surface area contributed by atoms with E-state index in [0.29, 0.717) is 10.8 Å². The molecule has 0 saturated carbocycles. The Hall–Kier alpha value is -1.68. The highest BCUT2D eigenvalue weighted by Gasteiger charge is 2.11. The van der Waals surface area contributed by atoms with E-state index in [-0.39, 0.29) is 10.8 Å². The maximum absolute atomic E-state index is 13.0. The number of fused-ring (bicyclic) bond motifs is 1. The van der Waals surface area contributed by atoms with E-state index >= 15 is 0 Å². The van der Waals surface area contributed by atoms with Crippen molar-refractivity contribution in [3.63, 3.8) is 0 Å². The van der Waals surface area contributed by atoms with Crippen LogP contribution in [0.5, 0.6) is 0 Å². The van der Waals surface area contributed by atoms with E-state index < -0.39 is 11.8 Å². The summed E-state index contributed by atoms with van der Waals surface area (Å²) in [6, 6.07) is 5.60. The number of carbonyl (C=O) groups is 1. The summed E-state index contributed by atoms with van der Waals surface area (Å²) in [6.45, 7) is 0. The van der Waals surface area contributed by atoms with Gasteiger partial charge in [0.15, 0.2) is 5.69 Å². The van der Waals surface area contributed by atoms with Gasteiger partial charge in [-0.05, 0) is 23.6 Å². The lowest BCUT2D eigenvalue weighted by atomic mass is 10.1. The van der Waals surface area contributed by atoms with Gasteiger partial charge in [-0.25, -0.2) is 14.2 Å². The average Bonchev–Trinajstić information content (AvgIpc) is 2.28. The van der Waals surface area contributed by atoms with Gasteiger partial charge in [-0.2, -0.15) is 0 Å². The summed E-state index contributed by atoms with van der Waals surface area (Å²) < 4.78 is 17.5. The van der Waals surface area contributed by atoms with Gasteiger partial charge in [0, 0.05) is 5.39 Å². The molecule has 1 aromatic heterocycles. The second kappa shape index (κ2) is 4.06. The number of benzene rings is 1. The third-order valence-corrected chi connectivity index (χ3v) is 2.43. The molecule has 0 saturated heterocycles. The molecular formula is C11H7ClFNO2. The van der Waals surface area contributed by atoms with Crippen LogP contribution in [0.2, 0.25) is 5.15 Å². The largest absolute Gasteiger partial charge is 0.464 e. The number of nitrogens with zero attached hydrogens (tertiary/aromatic N) is 1. The van der Waals surface area contributed by atoms with Crippen molar-refractivity contribution < 1.29 is 13.9 Å². The number of halogens is 2. The van der Waals surface area contributed by atoms with Crippen LogP contribution in [0.4, 0.5) is 4.39 Å². The molecule has 16 heavy (non-hydrogen) atoms. The molecule has 0 radical (unpaired) electrons. The summed E-state index contributed by atoms with van der Waals surface area (Å²) in [5.74, 6) is -0.977. The number of hydrogen-bond donors (Lipinski definition) is 0. The molecular weight excluding hydrogens is 233 g/mol. The molecule has 2 rings (SSSR count). The van der Waals surface area contributed by atoms with Crippen molar-refractivity contribution in [1.82, 2.24) is 4.98 Å². The predicted octanol–water partition coefficient (Wildman–Crippen LogP) is 2.81. The first-order valence-electron chi connectivity index (χ1n) is 4.46. The summed E-state index contributed by atoms with van der Waals surface area (Å²) >= 11 is 5.85. The van der Waals surface area contributed by atoms with Crippen LogP contribution in [0.15, 0.2) is 24.3 Å². The van der Waals surface area contributed by atoms with Crippen LogP contribution in [-0.2, 0) is 4.74 Å². The molecule has 1 heterocycles. The number of ether oxygens (including phenoxy) is 1. The second-order valence-corrected chi connectivity index (χ2v) is 3.51. The summed E-state index contributed by atoms with van der Waals surface area (Å²) in [4.78, 5) is 15.1. The first-order chi connectivity index (χ1) is 7.61. The van der Waals surface area contributed by atoms with Crippen LogP contribution in [0.25, 0.3) is 10.8 Å². The highest BCUT2D eigenvalue weighted by molar-refractivity contribution is 6.34. The lowest BCUT2D eigenvalue weighted by molar-refractivity contribution is 0.0594. The molecule has 0 unspecified atom stereocenters. The molecule has 1 aromatic carbocycles. The Morgan fingerprint density at radius 3 is 2.88 bits per heavy atom. The monoisotopic (exact) mass is 239 g/mol. The molecule has 0 atom stereocenters. The van der Waals surface area contributed by atoms with Gasteiger partial charge in [-0.15, -0.1) is 0 Å². The van der Waals surface area contributed by atoms with Crippen LogP contribution in [0, 0.1) is 5.82 Å². The Labute approximate surface area is 95.8 Å². The fraction of sp³-hybridized carbons (Fsp3) is 0.0909. The number of esters is 1. The SMILES string of the molecule is COC(=O)c1cc2ccc(F)cc2c(Cl)n1. The average molecular weight is 240 g/mol. The molecule has 0 fully saturated rings. The van der Waals surface area contributed by atoms with Gasteiger partial charge >= 0.3 is 5.97 Å². The van der Waals surface area contributed by atoms with E-state index in [9.17, 15) is 9.18 Å². The van der Waals surface area contributed by atoms with Gasteiger partial charge in [0.2, 0.25) is 0 Å². The van der Waals surface area contributed by atoms with Crippen LogP contribution in [0.1, 0.15) is 10.5 Å². The van der Waals surface area contributed by atoms with E-state index in [1.807, 2.05) is 0 Å². The lowest BCUT2D eigenvalue weighted by Crippen LogP contribution is -2.04. The van der Waals surface area contributed by atoms with Crippen molar-refractivity contribution in [2.45, 2.75) is 0 Å². The fourth-order valence-corrected chi connectivity index (χ4v) is 1.64. The van der Waals surface area contributed by atoms with E-state index in [4.69, 9.17) is 11.6 Å². The molecule has 3 nitrogen and oxygen atoms in total. The van der Waals surface area contributed by atoms with Crippen LogP contribution in [0.3, 0.4) is 0 Å². The topological polar surface area (TPSA) is 39.2 Å². The van der Waals surface area contributed by atoms with Crippen molar-refractivity contribution in [3.05, 3.63) is 40.9 Å². The third kappa shape index (κ3) is 1.84. The van der Waals surface area contributed by atoms with E-state index in [1.54, 1.807) is 0 Å². The van der Waals surface area contributed by atoms with E-state index in [0.717, 1.165) is 0 Å². The van der Waals surface area contributed by atoms with Crippen molar-refractivity contribution in [2.24, 2.45) is 0 Å². The number of aromatic nitrogens is 1. The maximum Gasteiger partial charge on any atom is 0.356 e. The Morgan fingerprint density at radius 1 is 1.44 bits per heavy atom. The highest BCUT2D eigenvalue weighted by Crippen LogP contribution is 2.23. The molecule has 0 aliphatic heterocycles. The zero-order valence-corrected chi connectivity index (χ0v) is 9.08. The highest BCUT2D eigenvalue weighted by atomic mass is 35.5. The van der Waals surface area contributed by atoms with Crippen molar-refractivity contribution in [1.29, 1.82) is 0 Å². The van der Waals surface area contributed by atoms with Crippen LogP contribution in [-0.4, -0.2) is 18.1 Å². The zero-order chi connectivity index (χ0) is 11.7. The summed E-state index contributed by atoms with van der Waals surface area (Å²) in [6.07, 6.45) is 0. The zero-order valence-electron chi connectivity index (χ0n) is 8.33. The first kappa shape index (κ1) is 10.8. The summed E-state index contributed by atoms with van der Waals surface area (Å²) in [5, 5.41) is 1.19. The molecule has 0 spiro atoms. The number of methoxy groups -OCH3 is 1. The van der Waals surface area contributed by atoms with Gasteiger partial charge < -0.3 is 4.74 Å². The minimum atomic E-state index is -0.576. The number of rotatable bonds is 1. The number of pyridine rings is 1. The summed E-state index contributed by atoms with van der Waals surface area (Å²) in [5.41, 5.74) is 0.103. The molecule has 0 bridgehead atoms. The lowest BCUT2D eigenvalue weighted by Gasteiger charge is -2.03. The predicted molar refractivity (Wildman–Crippen MR) is 58.1 cm³/mol. The third-order valence-electron chi connectivity index (χ3n) is 2.14. The van der Waals surface area contributed by atoms with Crippen LogP contribution < -0.4 is 0 Å². The maximum atomic E-state index is 13.0. The van der Waals surface area contributed by atoms with Gasteiger partial charge in [-0.1, -0.05) is 17.7 Å². The van der Waals surface area contributed by atoms with E-state index in [1.165, 1.54) is 31.4 Å². The van der Waals surface area contributed by atoms with E-state index in [2.05, 4.69) is 9.72 Å². The molecule has 82 valence electrons. The number of hydrogen-bond acceptors (Lipinski definition) is 3. The van der Waals surface area contributed by atoms with Gasteiger partial charge in [0.05, 0.1) is 7.11 Å². The van der Waals surface area contributed by atoms with Crippen LogP contribution >= 0.6 is 11.6 Å². The Bertz CT molecular complexity index is 571. The molecule has 0 aliphatic rings. The second-order valence-electron chi connectivity index (χ2n) is 3.16.